The molecule has 0 aliphatic carbocycles. The lowest BCUT2D eigenvalue weighted by molar-refractivity contribution is -0.302. The second-order valence-corrected chi connectivity index (χ2v) is 5.71. The summed E-state index contributed by atoms with van der Waals surface area (Å²) in [6, 6.07) is -1.63. The molecule has 0 saturated carbocycles. The van der Waals surface area contributed by atoms with E-state index < -0.39 is 47.2 Å². The summed E-state index contributed by atoms with van der Waals surface area (Å²) in [5.74, 6) is -1.40. The molecule has 0 fully saturated rings. The van der Waals surface area contributed by atoms with Crippen LogP contribution in [0.25, 0.3) is 0 Å². The topological polar surface area (TPSA) is 70.7 Å². The van der Waals surface area contributed by atoms with E-state index in [9.17, 15) is 36.2 Å². The van der Waals surface area contributed by atoms with Crippen LogP contribution in [-0.4, -0.2) is 43.9 Å². The zero-order valence-electron chi connectivity index (χ0n) is 12.7. The van der Waals surface area contributed by atoms with Gasteiger partial charge in [0.1, 0.15) is 6.04 Å². The largest absolute Gasteiger partial charge is 0.438 e. The lowest BCUT2D eigenvalue weighted by atomic mass is 10.1. The second-order valence-electron chi connectivity index (χ2n) is 5.33. The van der Waals surface area contributed by atoms with E-state index in [0.717, 1.165) is 13.8 Å². The zero-order valence-corrected chi connectivity index (χ0v) is 13.4. The number of hydrazone groups is 1. The van der Waals surface area contributed by atoms with Gasteiger partial charge < -0.3 is 5.11 Å². The molecule has 0 bridgehead atoms. The van der Waals surface area contributed by atoms with Gasteiger partial charge in [0.25, 0.3) is 11.6 Å². The molecule has 0 saturated heterocycles. The maximum Gasteiger partial charge on any atom is 0.438 e. The first kappa shape index (κ1) is 19.5. The van der Waals surface area contributed by atoms with Gasteiger partial charge in [-0.05, 0) is 13.8 Å². The van der Waals surface area contributed by atoms with Crippen molar-refractivity contribution in [2.24, 2.45) is 5.10 Å². The van der Waals surface area contributed by atoms with E-state index in [1.807, 2.05) is 0 Å². The van der Waals surface area contributed by atoms with Gasteiger partial charge in [0, 0.05) is 12.6 Å². The van der Waals surface area contributed by atoms with Gasteiger partial charge in [-0.1, -0.05) is 11.6 Å². The number of aliphatic hydroxyl groups is 1. The van der Waals surface area contributed by atoms with Crippen molar-refractivity contribution < 1.29 is 36.2 Å². The number of rotatable bonds is 2. The summed E-state index contributed by atoms with van der Waals surface area (Å²) in [5.41, 5.74) is -5.31. The van der Waals surface area contributed by atoms with Crippen molar-refractivity contribution in [2.45, 2.75) is 44.4 Å². The van der Waals surface area contributed by atoms with Gasteiger partial charge in [-0.25, -0.2) is 0 Å². The van der Waals surface area contributed by atoms with E-state index in [1.54, 1.807) is 0 Å². The molecule has 1 aliphatic rings. The molecule has 0 unspecified atom stereocenters. The Kier molecular flexibility index (Phi) is 4.58. The fourth-order valence-electron chi connectivity index (χ4n) is 2.25. The van der Waals surface area contributed by atoms with Crippen molar-refractivity contribution in [3.63, 3.8) is 0 Å². The molecular formula is C12H11ClF6N4O2. The number of carbonyl (C=O) groups excluding carboxylic acids is 1. The number of amides is 1. The predicted molar refractivity (Wildman–Crippen MR) is 72.6 cm³/mol. The fourth-order valence-corrected chi connectivity index (χ4v) is 2.48. The van der Waals surface area contributed by atoms with Crippen molar-refractivity contribution >= 4 is 23.7 Å². The summed E-state index contributed by atoms with van der Waals surface area (Å²) in [7, 11) is 0. The minimum atomic E-state index is -5.22. The van der Waals surface area contributed by atoms with E-state index in [-0.39, 0.29) is 10.7 Å². The first-order valence-electron chi connectivity index (χ1n) is 6.69. The number of hydrogen-bond acceptors (Lipinski definition) is 4. The molecule has 25 heavy (non-hydrogen) atoms. The van der Waals surface area contributed by atoms with Gasteiger partial charge in [-0.3, -0.25) is 9.48 Å². The summed E-state index contributed by atoms with van der Waals surface area (Å²) in [6.45, 7) is 2.14. The molecular weight excluding hydrogens is 382 g/mol. The molecule has 1 aliphatic heterocycles. The van der Waals surface area contributed by atoms with Crippen LogP contribution in [0.15, 0.2) is 5.10 Å². The number of carbonyl (C=O) groups is 1. The Labute approximate surface area is 141 Å². The maximum absolute atomic E-state index is 13.0. The smallest absolute Gasteiger partial charge is 0.362 e. The highest BCUT2D eigenvalue weighted by Gasteiger charge is 2.62. The summed E-state index contributed by atoms with van der Waals surface area (Å²) in [6.07, 6.45) is -10.4. The first-order valence-corrected chi connectivity index (χ1v) is 7.07. The van der Waals surface area contributed by atoms with Crippen LogP contribution in [0.4, 0.5) is 26.3 Å². The summed E-state index contributed by atoms with van der Waals surface area (Å²) >= 11 is 5.55. The van der Waals surface area contributed by atoms with E-state index in [1.165, 1.54) is 0 Å². The Morgan fingerprint density at radius 2 is 1.92 bits per heavy atom. The Morgan fingerprint density at radius 3 is 2.36 bits per heavy atom. The lowest BCUT2D eigenvalue weighted by Gasteiger charge is -2.34. The average molecular weight is 393 g/mol. The minimum Gasteiger partial charge on any atom is -0.362 e. The van der Waals surface area contributed by atoms with Gasteiger partial charge >= 0.3 is 12.4 Å². The van der Waals surface area contributed by atoms with Crippen LogP contribution in [-0.2, 0) is 11.0 Å². The third-order valence-corrected chi connectivity index (χ3v) is 4.11. The predicted octanol–water partition coefficient (Wildman–Crippen LogP) is 2.89. The highest BCUT2D eigenvalue weighted by molar-refractivity contribution is 6.32. The van der Waals surface area contributed by atoms with Gasteiger partial charge in [-0.15, -0.1) is 0 Å². The summed E-state index contributed by atoms with van der Waals surface area (Å²) in [4.78, 5) is 12.3. The van der Waals surface area contributed by atoms with Crippen molar-refractivity contribution in [3.05, 3.63) is 16.4 Å². The van der Waals surface area contributed by atoms with Crippen LogP contribution in [0, 0.1) is 6.92 Å². The van der Waals surface area contributed by atoms with Gasteiger partial charge in [0.2, 0.25) is 0 Å². The standard InChI is InChI=1S/C12H11ClF6N4O2/c1-5-7(13)8(11(14,15)16)21-22(5)6(2)9(24)23-10(25,3-4-20-23)12(17,18)19/h4,6,25H,3H2,1-2H3/t6-,10+/m1/s1. The number of hydrogen-bond donors (Lipinski definition) is 1. The number of alkyl halides is 6. The monoisotopic (exact) mass is 392 g/mol. The highest BCUT2D eigenvalue weighted by Crippen LogP contribution is 2.40. The van der Waals surface area contributed by atoms with Gasteiger partial charge in [-0.2, -0.15) is 41.6 Å². The Hall–Kier alpha value is -1.82. The van der Waals surface area contributed by atoms with Crippen LogP contribution in [0.5, 0.6) is 0 Å². The molecule has 0 aromatic carbocycles. The van der Waals surface area contributed by atoms with Crippen LogP contribution >= 0.6 is 11.6 Å². The highest BCUT2D eigenvalue weighted by atomic mass is 35.5. The van der Waals surface area contributed by atoms with Crippen LogP contribution in [0.1, 0.15) is 30.8 Å². The first-order chi connectivity index (χ1) is 11.2. The molecule has 0 radical (unpaired) electrons. The van der Waals surface area contributed by atoms with E-state index in [2.05, 4.69) is 10.2 Å². The van der Waals surface area contributed by atoms with E-state index in [0.29, 0.717) is 10.9 Å². The molecule has 1 amide bonds. The van der Waals surface area contributed by atoms with E-state index >= 15 is 0 Å². The Morgan fingerprint density at radius 1 is 1.36 bits per heavy atom. The van der Waals surface area contributed by atoms with Crippen molar-refractivity contribution in [1.29, 1.82) is 0 Å². The Balaban J connectivity index is 2.40. The second kappa shape index (κ2) is 5.87. The van der Waals surface area contributed by atoms with Gasteiger partial charge in [0.05, 0.1) is 10.7 Å². The average Bonchev–Trinajstić information content (AvgIpc) is 2.99. The molecule has 1 aromatic heterocycles. The maximum atomic E-state index is 13.0. The summed E-state index contributed by atoms with van der Waals surface area (Å²) in [5, 5.41) is 15.1. The number of nitrogens with zero attached hydrogens (tertiary/aromatic N) is 4. The fraction of sp³-hybridized carbons (Fsp3) is 0.583. The van der Waals surface area contributed by atoms with Gasteiger partial charge in [0.15, 0.2) is 5.69 Å². The van der Waals surface area contributed by atoms with Crippen molar-refractivity contribution in [3.8, 4) is 0 Å². The van der Waals surface area contributed by atoms with Crippen LogP contribution in [0.3, 0.4) is 0 Å². The zero-order chi connectivity index (χ0) is 19.4. The third-order valence-electron chi connectivity index (χ3n) is 3.66. The Bertz CT molecular complexity index is 728. The SMILES string of the molecule is Cc1c(Cl)c(C(F)(F)F)nn1[C@H](C)C(=O)N1N=CC[C@]1(O)C(F)(F)F. The van der Waals surface area contributed by atoms with Crippen molar-refractivity contribution in [2.75, 3.05) is 0 Å². The number of aromatic nitrogens is 2. The third kappa shape index (κ3) is 3.08. The molecule has 1 N–H and O–H groups in total. The molecule has 13 heteroatoms. The molecule has 2 atom stereocenters. The molecule has 140 valence electrons. The molecule has 2 heterocycles. The molecule has 1 aromatic rings. The molecule has 6 nitrogen and oxygen atoms in total. The summed E-state index contributed by atoms with van der Waals surface area (Å²) < 4.78 is 78.0. The lowest BCUT2D eigenvalue weighted by Crippen LogP contribution is -2.57. The quantitative estimate of drug-likeness (QED) is 0.787. The normalized spacial score (nSPS) is 22.6. The minimum absolute atomic E-state index is 0.208. The molecule has 2 rings (SSSR count). The van der Waals surface area contributed by atoms with Crippen molar-refractivity contribution in [1.82, 2.24) is 14.8 Å². The van der Waals surface area contributed by atoms with Crippen LogP contribution in [0.2, 0.25) is 5.02 Å². The van der Waals surface area contributed by atoms with E-state index in [4.69, 9.17) is 11.6 Å². The molecule has 0 spiro atoms. The van der Waals surface area contributed by atoms with Crippen LogP contribution < -0.4 is 0 Å². The number of halogens is 7.